The van der Waals surface area contributed by atoms with Crippen molar-refractivity contribution in [1.29, 1.82) is 0 Å². The Morgan fingerprint density at radius 1 is 1.05 bits per heavy atom. The van der Waals surface area contributed by atoms with Gasteiger partial charge >= 0.3 is 6.18 Å². The summed E-state index contributed by atoms with van der Waals surface area (Å²) in [7, 11) is 0. The number of carbonyl (C=O) groups excluding carboxylic acids is 1. The molecule has 1 aliphatic rings. The van der Waals surface area contributed by atoms with Gasteiger partial charge in [0.25, 0.3) is 5.91 Å². The maximum atomic E-state index is 14.0. The number of carbonyl (C=O) groups is 1. The molecule has 0 radical (unpaired) electrons. The van der Waals surface area contributed by atoms with Gasteiger partial charge in [0.2, 0.25) is 11.2 Å². The number of aryl methyl sites for hydroxylation is 2. The number of fused-ring (bicyclic) bond motifs is 2. The standard InChI is InChI=1S/C29H24F3NO4/c1-2-18-15-21-24(37-28(29(30,31)32)26(27(21)35)20-10-4-3-5-11-20)16-23(18)36-17-25(34)33-14-8-12-19-9-6-7-13-22(19)33/h3-7,9-11,13,15-16H,2,8,12,14,17H2,1H3. The first-order chi connectivity index (χ1) is 17.8. The molecular weight excluding hydrogens is 483 g/mol. The summed E-state index contributed by atoms with van der Waals surface area (Å²) < 4.78 is 53.0. The topological polar surface area (TPSA) is 59.8 Å². The zero-order valence-electron chi connectivity index (χ0n) is 20.1. The second-order valence-corrected chi connectivity index (χ2v) is 8.88. The Labute approximate surface area is 211 Å². The quantitative estimate of drug-likeness (QED) is 0.314. The summed E-state index contributed by atoms with van der Waals surface area (Å²) in [5, 5.41) is 0.0207. The van der Waals surface area contributed by atoms with Crippen LogP contribution in [-0.2, 0) is 23.8 Å². The Hall–Kier alpha value is -4.07. The normalized spacial score (nSPS) is 13.5. The Bertz CT molecular complexity index is 1530. The van der Waals surface area contributed by atoms with E-state index in [4.69, 9.17) is 9.15 Å². The molecular formula is C29H24F3NO4. The van der Waals surface area contributed by atoms with Crippen LogP contribution in [0.15, 0.2) is 75.9 Å². The smallest absolute Gasteiger partial charge is 0.450 e. The summed E-state index contributed by atoms with van der Waals surface area (Å²) in [6.45, 7) is 2.09. The first-order valence-electron chi connectivity index (χ1n) is 12.1. The van der Waals surface area contributed by atoms with Gasteiger partial charge in [-0.15, -0.1) is 0 Å². The first-order valence-corrected chi connectivity index (χ1v) is 12.1. The number of nitrogens with zero attached hydrogens (tertiary/aromatic N) is 1. The third kappa shape index (κ3) is 4.71. The molecule has 0 bridgehead atoms. The lowest BCUT2D eigenvalue weighted by molar-refractivity contribution is -0.152. The number of benzene rings is 3. The van der Waals surface area contributed by atoms with E-state index in [0.29, 0.717) is 18.5 Å². The number of hydrogen-bond donors (Lipinski definition) is 0. The molecule has 0 fully saturated rings. The molecule has 0 spiro atoms. The van der Waals surface area contributed by atoms with E-state index in [1.165, 1.54) is 24.3 Å². The second kappa shape index (κ2) is 9.76. The Morgan fingerprint density at radius 3 is 2.51 bits per heavy atom. The molecule has 3 aromatic carbocycles. The Morgan fingerprint density at radius 2 is 1.78 bits per heavy atom. The van der Waals surface area contributed by atoms with Crippen LogP contribution in [0.1, 0.15) is 30.2 Å². The SMILES string of the molecule is CCc1cc2c(=O)c(-c3ccccc3)c(C(F)(F)F)oc2cc1OCC(=O)N1CCCc2ccccc21. The van der Waals surface area contributed by atoms with Crippen molar-refractivity contribution in [2.24, 2.45) is 0 Å². The fourth-order valence-electron chi connectivity index (χ4n) is 4.75. The molecule has 0 atom stereocenters. The van der Waals surface area contributed by atoms with Crippen LogP contribution in [0.4, 0.5) is 18.9 Å². The minimum absolute atomic E-state index is 0.0207. The number of alkyl halides is 3. The van der Waals surface area contributed by atoms with Crippen molar-refractivity contribution < 1.29 is 27.1 Å². The lowest BCUT2D eigenvalue weighted by Gasteiger charge is -2.29. The summed E-state index contributed by atoms with van der Waals surface area (Å²) in [5.41, 5.74) is 1.07. The third-order valence-electron chi connectivity index (χ3n) is 6.54. The molecule has 0 saturated carbocycles. The lowest BCUT2D eigenvalue weighted by Crippen LogP contribution is -2.38. The van der Waals surface area contributed by atoms with Crippen LogP contribution in [0.25, 0.3) is 22.1 Å². The van der Waals surface area contributed by atoms with E-state index in [2.05, 4.69) is 0 Å². The third-order valence-corrected chi connectivity index (χ3v) is 6.54. The Balaban J connectivity index is 1.52. The van der Waals surface area contributed by atoms with E-state index >= 15 is 0 Å². The van der Waals surface area contributed by atoms with Gasteiger partial charge in [-0.3, -0.25) is 9.59 Å². The molecule has 0 saturated heterocycles. The molecule has 5 rings (SSSR count). The molecule has 5 nitrogen and oxygen atoms in total. The van der Waals surface area contributed by atoms with Crippen LogP contribution in [0.3, 0.4) is 0 Å². The van der Waals surface area contributed by atoms with Crippen molar-refractivity contribution in [3.8, 4) is 16.9 Å². The molecule has 190 valence electrons. The number of halogens is 3. The van der Waals surface area contributed by atoms with Gasteiger partial charge in [-0.1, -0.05) is 55.5 Å². The van der Waals surface area contributed by atoms with Gasteiger partial charge in [-0.25, -0.2) is 0 Å². The molecule has 0 unspecified atom stereocenters. The average molecular weight is 508 g/mol. The molecule has 2 heterocycles. The number of rotatable bonds is 5. The summed E-state index contributed by atoms with van der Waals surface area (Å²) in [5.74, 6) is -1.42. The summed E-state index contributed by atoms with van der Waals surface area (Å²) in [6, 6.07) is 18.1. The van der Waals surface area contributed by atoms with E-state index < -0.39 is 22.9 Å². The predicted octanol–water partition coefficient (Wildman–Crippen LogP) is 6.40. The molecule has 1 amide bonds. The molecule has 37 heavy (non-hydrogen) atoms. The fraction of sp³-hybridized carbons (Fsp3) is 0.241. The van der Waals surface area contributed by atoms with Crippen molar-refractivity contribution in [2.75, 3.05) is 18.1 Å². The minimum Gasteiger partial charge on any atom is -0.483 e. The fourth-order valence-corrected chi connectivity index (χ4v) is 4.75. The van der Waals surface area contributed by atoms with Gasteiger partial charge in [0, 0.05) is 18.3 Å². The van der Waals surface area contributed by atoms with Crippen LogP contribution in [0, 0.1) is 0 Å². The van der Waals surface area contributed by atoms with Crippen molar-refractivity contribution in [3.05, 3.63) is 93.8 Å². The van der Waals surface area contributed by atoms with E-state index in [0.717, 1.165) is 24.1 Å². The van der Waals surface area contributed by atoms with E-state index in [-0.39, 0.29) is 34.8 Å². The van der Waals surface area contributed by atoms with Crippen LogP contribution in [0.2, 0.25) is 0 Å². The highest BCUT2D eigenvalue weighted by Gasteiger charge is 2.39. The molecule has 0 N–H and O–H groups in total. The number of anilines is 1. The van der Waals surface area contributed by atoms with Crippen molar-refractivity contribution >= 4 is 22.6 Å². The Kier molecular flexibility index (Phi) is 6.50. The highest BCUT2D eigenvalue weighted by molar-refractivity contribution is 5.95. The molecule has 1 aliphatic heterocycles. The predicted molar refractivity (Wildman–Crippen MR) is 135 cm³/mol. The summed E-state index contributed by atoms with van der Waals surface area (Å²) in [4.78, 5) is 28.0. The van der Waals surface area contributed by atoms with Crippen LogP contribution in [0.5, 0.6) is 5.75 Å². The van der Waals surface area contributed by atoms with E-state index in [1.807, 2.05) is 31.2 Å². The highest BCUT2D eigenvalue weighted by atomic mass is 19.4. The molecule has 1 aromatic heterocycles. The largest absolute Gasteiger partial charge is 0.483 e. The summed E-state index contributed by atoms with van der Waals surface area (Å²) in [6.07, 6.45) is -2.74. The monoisotopic (exact) mass is 507 g/mol. The molecule has 8 heteroatoms. The van der Waals surface area contributed by atoms with E-state index in [9.17, 15) is 22.8 Å². The molecule has 4 aromatic rings. The van der Waals surface area contributed by atoms with Crippen molar-refractivity contribution in [3.63, 3.8) is 0 Å². The maximum absolute atomic E-state index is 14.0. The van der Waals surface area contributed by atoms with Gasteiger partial charge in [-0.2, -0.15) is 13.2 Å². The van der Waals surface area contributed by atoms with E-state index in [1.54, 1.807) is 23.1 Å². The van der Waals surface area contributed by atoms with Gasteiger partial charge in [0.05, 0.1) is 10.9 Å². The maximum Gasteiger partial charge on any atom is 0.450 e. The molecule has 0 aliphatic carbocycles. The highest BCUT2D eigenvalue weighted by Crippen LogP contribution is 2.38. The van der Waals surface area contributed by atoms with Gasteiger partial charge in [-0.05, 0) is 48.1 Å². The lowest BCUT2D eigenvalue weighted by atomic mass is 10.00. The van der Waals surface area contributed by atoms with Gasteiger partial charge in [0.15, 0.2) is 6.61 Å². The zero-order chi connectivity index (χ0) is 26.2. The van der Waals surface area contributed by atoms with Gasteiger partial charge < -0.3 is 14.1 Å². The van der Waals surface area contributed by atoms with Crippen molar-refractivity contribution in [2.45, 2.75) is 32.4 Å². The summed E-state index contributed by atoms with van der Waals surface area (Å²) >= 11 is 0. The van der Waals surface area contributed by atoms with Crippen LogP contribution >= 0.6 is 0 Å². The number of para-hydroxylation sites is 1. The van der Waals surface area contributed by atoms with Crippen molar-refractivity contribution in [1.82, 2.24) is 0 Å². The van der Waals surface area contributed by atoms with Crippen LogP contribution in [-0.4, -0.2) is 19.1 Å². The van der Waals surface area contributed by atoms with Crippen LogP contribution < -0.4 is 15.1 Å². The second-order valence-electron chi connectivity index (χ2n) is 8.88. The number of amides is 1. The van der Waals surface area contributed by atoms with Gasteiger partial charge in [0.1, 0.15) is 11.3 Å². The zero-order valence-corrected chi connectivity index (χ0v) is 20.1. The first kappa shape index (κ1) is 24.6. The number of ether oxygens (including phenoxy) is 1. The number of hydrogen-bond acceptors (Lipinski definition) is 4. The minimum atomic E-state index is -4.89. The average Bonchev–Trinajstić information content (AvgIpc) is 2.90.